The molecule has 4 rings (SSSR count). The molecule has 0 radical (unpaired) electrons. The summed E-state index contributed by atoms with van der Waals surface area (Å²) in [6.45, 7) is 0. The van der Waals surface area contributed by atoms with E-state index in [0.717, 1.165) is 16.7 Å². The highest BCUT2D eigenvalue weighted by Gasteiger charge is 2.15. The molecular formula is C27H20N2O. The average molecular weight is 388 g/mol. The van der Waals surface area contributed by atoms with Gasteiger partial charge in [0.25, 0.3) is 0 Å². The summed E-state index contributed by atoms with van der Waals surface area (Å²) in [5.41, 5.74) is 4.86. The summed E-state index contributed by atoms with van der Waals surface area (Å²) in [6, 6.07) is 36.8. The van der Waals surface area contributed by atoms with Gasteiger partial charge in [0.2, 0.25) is 5.78 Å². The Morgan fingerprint density at radius 1 is 0.567 bits per heavy atom. The van der Waals surface area contributed by atoms with Crippen LogP contribution in [0.15, 0.2) is 125 Å². The van der Waals surface area contributed by atoms with Crippen molar-refractivity contribution < 1.29 is 4.79 Å². The lowest BCUT2D eigenvalue weighted by Crippen LogP contribution is -2.15. The van der Waals surface area contributed by atoms with Crippen molar-refractivity contribution in [2.75, 3.05) is 0 Å². The number of ketones is 1. The minimum absolute atomic E-state index is 0.154. The van der Waals surface area contributed by atoms with Crippen LogP contribution in [0.2, 0.25) is 0 Å². The molecule has 4 aromatic rings. The molecule has 0 aliphatic rings. The zero-order valence-electron chi connectivity index (χ0n) is 16.3. The Balaban J connectivity index is 1.59. The van der Waals surface area contributed by atoms with E-state index in [-0.39, 0.29) is 5.78 Å². The van der Waals surface area contributed by atoms with E-state index in [9.17, 15) is 4.79 Å². The summed E-state index contributed by atoms with van der Waals surface area (Å²) in [6.07, 6.45) is 1.66. The topological polar surface area (TPSA) is 41.8 Å². The first-order valence-electron chi connectivity index (χ1n) is 9.73. The number of Topliss-reactive ketones (excluding diaryl/α,β-unsaturated/α-hetero) is 1. The van der Waals surface area contributed by atoms with E-state index in [1.165, 1.54) is 5.56 Å². The van der Waals surface area contributed by atoms with Gasteiger partial charge in [-0.1, -0.05) is 115 Å². The molecule has 144 valence electrons. The van der Waals surface area contributed by atoms with Crippen LogP contribution in [0.1, 0.15) is 21.5 Å². The molecule has 0 aromatic heterocycles. The second kappa shape index (κ2) is 9.39. The molecule has 0 saturated carbocycles. The number of hydrogen-bond donors (Lipinski definition) is 0. The number of nitrogens with zero attached hydrogens (tertiary/aromatic N) is 2. The predicted molar refractivity (Wildman–Crippen MR) is 123 cm³/mol. The standard InChI is InChI=1S/C27H20N2O/c30-27(25-14-8-3-9-15-25)26(24-12-6-2-7-13-24)29-28-20-21-16-18-23(19-17-21)22-10-4-1-5-11-22/h1-20H/b28-20-,29-26-. The third-order valence-electron chi connectivity index (χ3n) is 4.68. The van der Waals surface area contributed by atoms with Gasteiger partial charge < -0.3 is 0 Å². The Kier molecular flexibility index (Phi) is 6.02. The molecule has 3 nitrogen and oxygen atoms in total. The lowest BCUT2D eigenvalue weighted by molar-refractivity contribution is 0.106. The Morgan fingerprint density at radius 2 is 1.07 bits per heavy atom. The van der Waals surface area contributed by atoms with E-state index >= 15 is 0 Å². The molecule has 0 heterocycles. The molecule has 0 amide bonds. The van der Waals surface area contributed by atoms with Gasteiger partial charge in [-0.2, -0.15) is 5.10 Å². The first kappa shape index (κ1) is 19.2. The molecule has 4 aromatic carbocycles. The minimum Gasteiger partial charge on any atom is -0.287 e. The quantitative estimate of drug-likeness (QED) is 0.225. The van der Waals surface area contributed by atoms with Crippen LogP contribution < -0.4 is 0 Å². The van der Waals surface area contributed by atoms with Gasteiger partial charge in [-0.15, -0.1) is 5.10 Å². The van der Waals surface area contributed by atoms with Gasteiger partial charge in [0.15, 0.2) is 0 Å². The van der Waals surface area contributed by atoms with Gasteiger partial charge in [-0.25, -0.2) is 0 Å². The van der Waals surface area contributed by atoms with Gasteiger partial charge in [0.1, 0.15) is 5.71 Å². The van der Waals surface area contributed by atoms with E-state index in [1.54, 1.807) is 18.3 Å². The predicted octanol–water partition coefficient (Wildman–Crippen LogP) is 6.06. The van der Waals surface area contributed by atoms with Crippen molar-refractivity contribution in [3.63, 3.8) is 0 Å². The van der Waals surface area contributed by atoms with E-state index in [0.29, 0.717) is 11.3 Å². The summed E-state index contributed by atoms with van der Waals surface area (Å²) in [7, 11) is 0. The van der Waals surface area contributed by atoms with Crippen molar-refractivity contribution in [3.05, 3.63) is 132 Å². The van der Waals surface area contributed by atoms with Crippen LogP contribution in [-0.2, 0) is 0 Å². The first-order chi connectivity index (χ1) is 14.8. The number of carbonyl (C=O) groups excluding carboxylic acids is 1. The van der Waals surface area contributed by atoms with Gasteiger partial charge in [0.05, 0.1) is 6.21 Å². The molecule has 30 heavy (non-hydrogen) atoms. The maximum atomic E-state index is 13.0. The fourth-order valence-electron chi connectivity index (χ4n) is 3.10. The largest absolute Gasteiger partial charge is 0.287 e. The van der Waals surface area contributed by atoms with Crippen LogP contribution in [-0.4, -0.2) is 17.7 Å². The van der Waals surface area contributed by atoms with Gasteiger partial charge in [-0.3, -0.25) is 4.79 Å². The van der Waals surface area contributed by atoms with Crippen LogP contribution >= 0.6 is 0 Å². The maximum Gasteiger partial charge on any atom is 0.213 e. The lowest BCUT2D eigenvalue weighted by atomic mass is 10.0. The Hall–Kier alpha value is -4.11. The lowest BCUT2D eigenvalue weighted by Gasteiger charge is -2.04. The molecule has 0 aliphatic carbocycles. The monoisotopic (exact) mass is 388 g/mol. The van der Waals surface area contributed by atoms with Crippen molar-refractivity contribution >= 4 is 17.7 Å². The van der Waals surface area contributed by atoms with Crippen LogP contribution in [0.5, 0.6) is 0 Å². The number of carbonyl (C=O) groups is 1. The molecule has 0 spiro atoms. The van der Waals surface area contributed by atoms with Crippen LogP contribution in [0, 0.1) is 0 Å². The smallest absolute Gasteiger partial charge is 0.213 e. The zero-order valence-corrected chi connectivity index (χ0v) is 16.3. The summed E-state index contributed by atoms with van der Waals surface area (Å²) >= 11 is 0. The molecule has 0 atom stereocenters. The third kappa shape index (κ3) is 4.65. The Bertz CT molecular complexity index is 1160. The molecule has 0 fully saturated rings. The summed E-state index contributed by atoms with van der Waals surface area (Å²) < 4.78 is 0. The molecule has 0 N–H and O–H groups in total. The summed E-state index contributed by atoms with van der Waals surface area (Å²) in [5, 5.41) is 8.49. The highest BCUT2D eigenvalue weighted by molar-refractivity contribution is 6.51. The third-order valence-corrected chi connectivity index (χ3v) is 4.68. The molecule has 3 heteroatoms. The van der Waals surface area contributed by atoms with E-state index in [2.05, 4.69) is 22.3 Å². The molecule has 0 saturated heterocycles. The van der Waals surface area contributed by atoms with Gasteiger partial charge in [-0.05, 0) is 16.7 Å². The van der Waals surface area contributed by atoms with Crippen molar-refractivity contribution in [2.24, 2.45) is 10.2 Å². The fourth-order valence-corrected chi connectivity index (χ4v) is 3.10. The Morgan fingerprint density at radius 3 is 1.67 bits per heavy atom. The average Bonchev–Trinajstić information content (AvgIpc) is 2.83. The van der Waals surface area contributed by atoms with Crippen molar-refractivity contribution in [1.29, 1.82) is 0 Å². The SMILES string of the molecule is O=C(/C(=N\N=C/c1ccc(-c2ccccc2)cc1)c1ccccc1)c1ccccc1. The van der Waals surface area contributed by atoms with Crippen molar-refractivity contribution in [1.82, 2.24) is 0 Å². The number of hydrogen-bond acceptors (Lipinski definition) is 3. The first-order valence-corrected chi connectivity index (χ1v) is 9.73. The molecular weight excluding hydrogens is 368 g/mol. The van der Waals surface area contributed by atoms with Gasteiger partial charge >= 0.3 is 0 Å². The van der Waals surface area contributed by atoms with E-state index in [4.69, 9.17) is 0 Å². The second-order valence-corrected chi connectivity index (χ2v) is 6.74. The van der Waals surface area contributed by atoms with Gasteiger partial charge in [0, 0.05) is 11.1 Å². The number of rotatable bonds is 6. The highest BCUT2D eigenvalue weighted by Crippen LogP contribution is 2.18. The zero-order chi connectivity index (χ0) is 20.6. The fraction of sp³-hybridized carbons (Fsp3) is 0. The van der Waals surface area contributed by atoms with Crippen molar-refractivity contribution in [3.8, 4) is 11.1 Å². The van der Waals surface area contributed by atoms with Crippen molar-refractivity contribution in [2.45, 2.75) is 0 Å². The van der Waals surface area contributed by atoms with E-state index < -0.39 is 0 Å². The molecule has 0 bridgehead atoms. The van der Waals surface area contributed by atoms with Crippen LogP contribution in [0.3, 0.4) is 0 Å². The summed E-state index contributed by atoms with van der Waals surface area (Å²) in [4.78, 5) is 13.0. The highest BCUT2D eigenvalue weighted by atomic mass is 16.1. The summed E-state index contributed by atoms with van der Waals surface area (Å²) in [5.74, 6) is -0.154. The maximum absolute atomic E-state index is 13.0. The number of benzene rings is 4. The van der Waals surface area contributed by atoms with Crippen LogP contribution in [0.4, 0.5) is 0 Å². The Labute approximate surface area is 176 Å². The normalized spacial score (nSPS) is 11.5. The molecule has 0 aliphatic heterocycles. The minimum atomic E-state index is -0.154. The molecule has 0 unspecified atom stereocenters. The van der Waals surface area contributed by atoms with Crippen LogP contribution in [0.25, 0.3) is 11.1 Å². The van der Waals surface area contributed by atoms with E-state index in [1.807, 2.05) is 91.0 Å². The second-order valence-electron chi connectivity index (χ2n) is 6.74.